The van der Waals surface area contributed by atoms with Gasteiger partial charge in [0.1, 0.15) is 0 Å². The molecule has 0 saturated carbocycles. The van der Waals surface area contributed by atoms with Gasteiger partial charge < -0.3 is 5.21 Å². The highest BCUT2D eigenvalue weighted by Crippen LogP contribution is 2.16. The molecule has 0 saturated heterocycles. The fourth-order valence-electron chi connectivity index (χ4n) is 0.579. The molecule has 62 valence electrons. The van der Waals surface area contributed by atoms with E-state index in [0.717, 1.165) is 0 Å². The zero-order chi connectivity index (χ0) is 9.07. The largest absolute Gasteiger partial charge is 0.315 e. The Morgan fingerprint density at radius 3 is 2.18 bits per heavy atom. The molecule has 1 unspecified atom stereocenters. The molecule has 0 heterocycles. The van der Waals surface area contributed by atoms with E-state index >= 15 is 0 Å². The molecule has 0 aliphatic rings. The molecule has 4 nitrogen and oxygen atoms in total. The predicted octanol–water partition coefficient (Wildman–Crippen LogP) is 0.473. The third-order valence-corrected chi connectivity index (χ3v) is 1.26. The van der Waals surface area contributed by atoms with E-state index < -0.39 is 11.5 Å². The molecule has 0 aliphatic carbocycles. The number of hydrogen-bond acceptors (Lipinski definition) is 4. The van der Waals surface area contributed by atoms with Crippen LogP contribution in [0.25, 0.3) is 0 Å². The molecule has 11 heavy (non-hydrogen) atoms. The minimum absolute atomic E-state index is 0.317. The summed E-state index contributed by atoms with van der Waals surface area (Å²) in [5.41, 5.74) is 1.05. The second kappa shape index (κ2) is 3.46. The van der Waals surface area contributed by atoms with E-state index in [0.29, 0.717) is 0 Å². The lowest BCUT2D eigenvalue weighted by atomic mass is 9.87. The number of Topliss-reactive ketones (excluding diaryl/α,β-unsaturated/α-hetero) is 1. The molecular weight excluding hydrogens is 144 g/mol. The van der Waals surface area contributed by atoms with E-state index in [-0.39, 0.29) is 5.78 Å². The van der Waals surface area contributed by atoms with Crippen LogP contribution in [-0.2, 0) is 4.79 Å². The molecule has 0 spiro atoms. The summed E-state index contributed by atoms with van der Waals surface area (Å²) in [5.74, 6) is -0.317. The van der Waals surface area contributed by atoms with Gasteiger partial charge in [-0.05, 0) is 0 Å². The van der Waals surface area contributed by atoms with Crippen molar-refractivity contribution >= 4 is 5.78 Å². The molecule has 0 bridgehead atoms. The van der Waals surface area contributed by atoms with E-state index in [2.05, 4.69) is 0 Å². The second-order valence-corrected chi connectivity index (χ2v) is 3.31. The smallest absolute Gasteiger partial charge is 0.177 e. The highest BCUT2D eigenvalue weighted by atomic mass is 16.5. The molecule has 1 atom stereocenters. The molecule has 0 amide bonds. The van der Waals surface area contributed by atoms with Crippen LogP contribution in [0.3, 0.4) is 0 Å². The number of carbonyl (C=O) groups excluding carboxylic acids is 1. The minimum atomic E-state index is -1.12. The van der Waals surface area contributed by atoms with Crippen LogP contribution in [0.4, 0.5) is 0 Å². The van der Waals surface area contributed by atoms with Gasteiger partial charge in [0, 0.05) is 5.41 Å². The van der Waals surface area contributed by atoms with Crippen LogP contribution in [-0.4, -0.2) is 17.0 Å². The first-order valence-electron chi connectivity index (χ1n) is 3.27. The third kappa shape index (κ3) is 2.66. The van der Waals surface area contributed by atoms with Crippen molar-refractivity contribution < 1.29 is 10.0 Å². The average molecular weight is 156 g/mol. The quantitative estimate of drug-likeness (QED) is 0.570. The molecule has 4 heteroatoms. The SMILES string of the molecule is CC(C)(C)C(=O)C(C#N)NO. The van der Waals surface area contributed by atoms with Crippen LogP contribution in [0.5, 0.6) is 0 Å². The average Bonchev–Trinajstić information content (AvgIpc) is 1.88. The van der Waals surface area contributed by atoms with Crippen LogP contribution >= 0.6 is 0 Å². The predicted molar refractivity (Wildman–Crippen MR) is 38.8 cm³/mol. The van der Waals surface area contributed by atoms with Gasteiger partial charge in [0.15, 0.2) is 11.8 Å². The fraction of sp³-hybridized carbons (Fsp3) is 0.714. The number of carbonyl (C=O) groups is 1. The summed E-state index contributed by atoms with van der Waals surface area (Å²) < 4.78 is 0. The molecule has 0 radical (unpaired) electrons. The first kappa shape index (κ1) is 10.1. The van der Waals surface area contributed by atoms with Gasteiger partial charge in [-0.1, -0.05) is 20.8 Å². The molecule has 0 fully saturated rings. The standard InChI is InChI=1S/C7H12N2O2/c1-7(2,3)6(10)5(4-8)9-11/h5,9,11H,1-3H3. The highest BCUT2D eigenvalue weighted by molar-refractivity contribution is 5.90. The van der Waals surface area contributed by atoms with Crippen molar-refractivity contribution in [2.45, 2.75) is 26.8 Å². The summed E-state index contributed by atoms with van der Waals surface area (Å²) in [6.45, 7) is 5.07. The lowest BCUT2D eigenvalue weighted by Gasteiger charge is -2.18. The van der Waals surface area contributed by atoms with Gasteiger partial charge in [0.05, 0.1) is 6.07 Å². The first-order valence-corrected chi connectivity index (χ1v) is 3.27. The van der Waals surface area contributed by atoms with Crippen LogP contribution in [0, 0.1) is 16.7 Å². The Morgan fingerprint density at radius 1 is 1.64 bits per heavy atom. The zero-order valence-corrected chi connectivity index (χ0v) is 6.88. The van der Waals surface area contributed by atoms with Crippen LogP contribution in [0.15, 0.2) is 0 Å². The summed E-state index contributed by atoms with van der Waals surface area (Å²) in [6.07, 6.45) is 0. The van der Waals surface area contributed by atoms with E-state index in [1.165, 1.54) is 0 Å². The molecule has 0 rings (SSSR count). The number of nitriles is 1. The van der Waals surface area contributed by atoms with Gasteiger partial charge >= 0.3 is 0 Å². The van der Waals surface area contributed by atoms with Crippen molar-refractivity contribution in [1.82, 2.24) is 5.48 Å². The molecule has 2 N–H and O–H groups in total. The van der Waals surface area contributed by atoms with Gasteiger partial charge in [-0.2, -0.15) is 10.7 Å². The summed E-state index contributed by atoms with van der Waals surface area (Å²) in [7, 11) is 0. The van der Waals surface area contributed by atoms with Crippen LogP contribution < -0.4 is 5.48 Å². The van der Waals surface area contributed by atoms with Gasteiger partial charge in [0.2, 0.25) is 0 Å². The van der Waals surface area contributed by atoms with Gasteiger partial charge in [-0.25, -0.2) is 0 Å². The van der Waals surface area contributed by atoms with E-state index in [9.17, 15) is 4.79 Å². The van der Waals surface area contributed by atoms with Gasteiger partial charge in [-0.3, -0.25) is 4.79 Å². The van der Waals surface area contributed by atoms with E-state index in [4.69, 9.17) is 10.5 Å². The second-order valence-electron chi connectivity index (χ2n) is 3.31. The first-order chi connectivity index (χ1) is 4.93. The highest BCUT2D eigenvalue weighted by Gasteiger charge is 2.28. The van der Waals surface area contributed by atoms with Gasteiger partial charge in [-0.15, -0.1) is 0 Å². The number of nitrogens with one attached hydrogen (secondary N) is 1. The monoisotopic (exact) mass is 156 g/mol. The summed E-state index contributed by atoms with van der Waals surface area (Å²) in [6, 6.07) is 0.532. The Morgan fingerprint density at radius 2 is 2.09 bits per heavy atom. The minimum Gasteiger partial charge on any atom is -0.315 e. The fourth-order valence-corrected chi connectivity index (χ4v) is 0.579. The maximum absolute atomic E-state index is 11.2. The number of hydrogen-bond donors (Lipinski definition) is 2. The summed E-state index contributed by atoms with van der Waals surface area (Å²) in [5, 5.41) is 16.7. The molecule has 0 aromatic carbocycles. The Hall–Kier alpha value is -0.920. The normalized spacial score (nSPS) is 13.7. The van der Waals surface area contributed by atoms with E-state index in [1.54, 1.807) is 32.3 Å². The van der Waals surface area contributed by atoms with Crippen molar-refractivity contribution in [2.24, 2.45) is 5.41 Å². The molecule has 0 aliphatic heterocycles. The summed E-state index contributed by atoms with van der Waals surface area (Å²) >= 11 is 0. The number of ketones is 1. The number of rotatable bonds is 2. The van der Waals surface area contributed by atoms with Crippen molar-refractivity contribution in [2.75, 3.05) is 0 Å². The number of nitrogens with zero attached hydrogens (tertiary/aromatic N) is 1. The van der Waals surface area contributed by atoms with Crippen LogP contribution in [0.2, 0.25) is 0 Å². The molecular formula is C7H12N2O2. The topological polar surface area (TPSA) is 73.1 Å². The molecule has 0 aromatic heterocycles. The Balaban J connectivity index is 4.38. The summed E-state index contributed by atoms with van der Waals surface area (Å²) in [4.78, 5) is 11.2. The Labute approximate surface area is 65.8 Å². The Kier molecular flexibility index (Phi) is 3.18. The van der Waals surface area contributed by atoms with Crippen molar-refractivity contribution in [3.05, 3.63) is 0 Å². The molecule has 0 aromatic rings. The van der Waals surface area contributed by atoms with Crippen molar-refractivity contribution in [1.29, 1.82) is 5.26 Å². The van der Waals surface area contributed by atoms with Crippen molar-refractivity contribution in [3.8, 4) is 6.07 Å². The maximum atomic E-state index is 11.2. The Bertz CT molecular complexity index is 188. The van der Waals surface area contributed by atoms with Crippen molar-refractivity contribution in [3.63, 3.8) is 0 Å². The lowest BCUT2D eigenvalue weighted by molar-refractivity contribution is -0.129. The van der Waals surface area contributed by atoms with Crippen LogP contribution in [0.1, 0.15) is 20.8 Å². The third-order valence-electron chi connectivity index (χ3n) is 1.26. The zero-order valence-electron chi connectivity index (χ0n) is 6.88. The lowest BCUT2D eigenvalue weighted by Crippen LogP contribution is -2.40. The number of hydroxylamine groups is 1. The van der Waals surface area contributed by atoms with Gasteiger partial charge in [0.25, 0.3) is 0 Å². The maximum Gasteiger partial charge on any atom is 0.177 e. The van der Waals surface area contributed by atoms with E-state index in [1.807, 2.05) is 0 Å².